The smallest absolute Gasteiger partial charge is 0.271 e. The van der Waals surface area contributed by atoms with Gasteiger partial charge in [-0.3, -0.25) is 4.79 Å². The van der Waals surface area contributed by atoms with Crippen LogP contribution in [0.4, 0.5) is 0 Å². The number of hydrogen-bond acceptors (Lipinski definition) is 2. The highest BCUT2D eigenvalue weighted by atomic mass is 79.9. The van der Waals surface area contributed by atoms with Crippen LogP contribution in [0.2, 0.25) is 0 Å². The van der Waals surface area contributed by atoms with Crippen LogP contribution in [0.25, 0.3) is 0 Å². The van der Waals surface area contributed by atoms with Gasteiger partial charge in [0.1, 0.15) is 5.69 Å². The molecule has 1 heterocycles. The van der Waals surface area contributed by atoms with Crippen LogP contribution in [0.15, 0.2) is 22.8 Å². The summed E-state index contributed by atoms with van der Waals surface area (Å²) in [4.78, 5) is 16.2. The van der Waals surface area contributed by atoms with Gasteiger partial charge < -0.3 is 5.32 Å². The molecule has 0 saturated heterocycles. The van der Waals surface area contributed by atoms with E-state index in [-0.39, 0.29) is 16.1 Å². The molecule has 5 heteroatoms. The molecule has 3 nitrogen and oxygen atoms in total. The van der Waals surface area contributed by atoms with Crippen molar-refractivity contribution in [1.29, 1.82) is 0 Å². The Morgan fingerprint density at radius 2 is 2.17 bits per heavy atom. The van der Waals surface area contributed by atoms with Gasteiger partial charge in [0, 0.05) is 22.0 Å². The molecule has 0 aromatic carbocycles. The number of nitrogens with one attached hydrogen (secondary N) is 1. The third kappa shape index (κ3) is 5.48. The Morgan fingerprint density at radius 3 is 2.72 bits per heavy atom. The Bertz CT molecular complexity index is 416. The minimum absolute atomic E-state index is 0.152. The van der Waals surface area contributed by atoms with Gasteiger partial charge in [-0.1, -0.05) is 36.7 Å². The van der Waals surface area contributed by atoms with Crippen molar-refractivity contribution in [2.45, 2.75) is 32.0 Å². The van der Waals surface area contributed by atoms with Gasteiger partial charge in [0.25, 0.3) is 5.91 Å². The molecule has 0 fully saturated rings. The third-order valence-electron chi connectivity index (χ3n) is 2.29. The average molecular weight is 378 g/mol. The zero-order valence-electron chi connectivity index (χ0n) is 10.8. The lowest BCUT2D eigenvalue weighted by Crippen LogP contribution is -2.32. The van der Waals surface area contributed by atoms with Gasteiger partial charge in [-0.25, -0.2) is 4.98 Å². The molecule has 1 amide bonds. The second kappa shape index (κ2) is 6.66. The summed E-state index contributed by atoms with van der Waals surface area (Å²) in [5.41, 5.74) is 0.665. The average Bonchev–Trinajstić information content (AvgIpc) is 2.24. The quantitative estimate of drug-likeness (QED) is 0.811. The highest BCUT2D eigenvalue weighted by Gasteiger charge is 2.18. The SMILES string of the molecule is CC(C)(C)CC(Br)CNC(=O)c1ncccc1Br. The molecular weight excluding hydrogens is 360 g/mol. The second-order valence-corrected chi connectivity index (χ2v) is 7.56. The summed E-state index contributed by atoms with van der Waals surface area (Å²) < 4.78 is 0.712. The summed E-state index contributed by atoms with van der Waals surface area (Å²) in [7, 11) is 0. The molecule has 1 rings (SSSR count). The van der Waals surface area contributed by atoms with E-state index in [0.29, 0.717) is 16.7 Å². The van der Waals surface area contributed by atoms with E-state index in [1.54, 1.807) is 12.3 Å². The Balaban J connectivity index is 2.50. The molecule has 18 heavy (non-hydrogen) atoms. The molecule has 100 valence electrons. The van der Waals surface area contributed by atoms with Crippen molar-refractivity contribution >= 4 is 37.8 Å². The zero-order chi connectivity index (χ0) is 13.8. The fourth-order valence-electron chi connectivity index (χ4n) is 1.58. The number of amides is 1. The normalized spacial score (nSPS) is 13.2. The lowest BCUT2D eigenvalue weighted by molar-refractivity contribution is 0.0946. The summed E-state index contributed by atoms with van der Waals surface area (Å²) in [6.07, 6.45) is 2.61. The van der Waals surface area contributed by atoms with Gasteiger partial charge in [0.05, 0.1) is 0 Å². The van der Waals surface area contributed by atoms with Gasteiger partial charge in [-0.05, 0) is 39.9 Å². The maximum absolute atomic E-state index is 11.9. The van der Waals surface area contributed by atoms with Gasteiger partial charge >= 0.3 is 0 Å². The lowest BCUT2D eigenvalue weighted by atomic mass is 9.90. The summed E-state index contributed by atoms with van der Waals surface area (Å²) >= 11 is 6.90. The molecule has 1 N–H and O–H groups in total. The predicted octanol–water partition coefficient (Wildman–Crippen LogP) is 3.77. The standard InChI is InChI=1S/C13H18Br2N2O/c1-13(2,3)7-9(14)8-17-12(18)11-10(15)5-4-6-16-11/h4-6,9H,7-8H2,1-3H3,(H,17,18). The fraction of sp³-hybridized carbons (Fsp3) is 0.538. The number of rotatable bonds is 4. The van der Waals surface area contributed by atoms with Crippen molar-refractivity contribution in [2.24, 2.45) is 5.41 Å². The minimum atomic E-state index is -0.152. The molecule has 0 radical (unpaired) electrons. The van der Waals surface area contributed by atoms with E-state index >= 15 is 0 Å². The Hall–Kier alpha value is -0.420. The molecule has 1 aromatic heterocycles. The van der Waals surface area contributed by atoms with E-state index in [9.17, 15) is 4.79 Å². The largest absolute Gasteiger partial charge is 0.350 e. The van der Waals surface area contributed by atoms with Crippen LogP contribution in [0.5, 0.6) is 0 Å². The topological polar surface area (TPSA) is 42.0 Å². The molecule has 0 bridgehead atoms. The first-order chi connectivity index (χ1) is 8.29. The van der Waals surface area contributed by atoms with E-state index in [2.05, 4.69) is 62.9 Å². The molecule has 1 unspecified atom stereocenters. The zero-order valence-corrected chi connectivity index (χ0v) is 14.0. The van der Waals surface area contributed by atoms with Gasteiger partial charge in [0.2, 0.25) is 0 Å². The number of alkyl halides is 1. The molecule has 1 aromatic rings. The van der Waals surface area contributed by atoms with Crippen molar-refractivity contribution in [3.05, 3.63) is 28.5 Å². The van der Waals surface area contributed by atoms with Crippen molar-refractivity contribution in [3.8, 4) is 0 Å². The summed E-state index contributed by atoms with van der Waals surface area (Å²) in [6, 6.07) is 3.59. The second-order valence-electron chi connectivity index (χ2n) is 5.41. The Morgan fingerprint density at radius 1 is 1.50 bits per heavy atom. The van der Waals surface area contributed by atoms with Gasteiger partial charge in [-0.15, -0.1) is 0 Å². The van der Waals surface area contributed by atoms with Crippen LogP contribution >= 0.6 is 31.9 Å². The van der Waals surface area contributed by atoms with Crippen LogP contribution < -0.4 is 5.32 Å². The molecular formula is C13H18Br2N2O. The van der Waals surface area contributed by atoms with Crippen LogP contribution in [0.1, 0.15) is 37.7 Å². The maximum atomic E-state index is 11.9. The van der Waals surface area contributed by atoms with Crippen molar-refractivity contribution in [2.75, 3.05) is 6.54 Å². The lowest BCUT2D eigenvalue weighted by Gasteiger charge is -2.22. The molecule has 0 aliphatic rings. The van der Waals surface area contributed by atoms with Crippen LogP contribution in [-0.2, 0) is 0 Å². The van der Waals surface area contributed by atoms with Crippen molar-refractivity contribution < 1.29 is 4.79 Å². The van der Waals surface area contributed by atoms with Gasteiger partial charge in [-0.2, -0.15) is 0 Å². The third-order valence-corrected chi connectivity index (χ3v) is 3.58. The molecule has 0 spiro atoms. The summed E-state index contributed by atoms with van der Waals surface area (Å²) in [5, 5.41) is 2.88. The van der Waals surface area contributed by atoms with Crippen LogP contribution in [0, 0.1) is 5.41 Å². The number of halogens is 2. The highest BCUT2D eigenvalue weighted by molar-refractivity contribution is 9.10. The minimum Gasteiger partial charge on any atom is -0.350 e. The first kappa shape index (κ1) is 15.6. The monoisotopic (exact) mass is 376 g/mol. The number of carbonyl (C=O) groups is 1. The van der Waals surface area contributed by atoms with Crippen molar-refractivity contribution in [3.63, 3.8) is 0 Å². The van der Waals surface area contributed by atoms with Crippen LogP contribution in [0.3, 0.4) is 0 Å². The molecule has 1 atom stereocenters. The Labute approximate surface area is 125 Å². The predicted molar refractivity (Wildman–Crippen MR) is 81.1 cm³/mol. The highest BCUT2D eigenvalue weighted by Crippen LogP contribution is 2.24. The van der Waals surface area contributed by atoms with E-state index < -0.39 is 0 Å². The van der Waals surface area contributed by atoms with Crippen LogP contribution in [-0.4, -0.2) is 22.3 Å². The fourth-order valence-corrected chi connectivity index (χ4v) is 3.14. The first-order valence-corrected chi connectivity index (χ1v) is 7.53. The summed E-state index contributed by atoms with van der Waals surface area (Å²) in [5.74, 6) is -0.152. The Kier molecular flexibility index (Phi) is 5.79. The molecule has 0 saturated carbocycles. The van der Waals surface area contributed by atoms with E-state index in [1.807, 2.05) is 6.07 Å². The van der Waals surface area contributed by atoms with Crippen molar-refractivity contribution in [1.82, 2.24) is 10.3 Å². The number of aromatic nitrogens is 1. The summed E-state index contributed by atoms with van der Waals surface area (Å²) in [6.45, 7) is 7.13. The number of hydrogen-bond donors (Lipinski definition) is 1. The van der Waals surface area contributed by atoms with E-state index in [1.165, 1.54) is 0 Å². The van der Waals surface area contributed by atoms with Gasteiger partial charge in [0.15, 0.2) is 0 Å². The first-order valence-electron chi connectivity index (χ1n) is 5.82. The number of pyridine rings is 1. The number of carbonyl (C=O) groups excluding carboxylic acids is 1. The molecule has 0 aliphatic heterocycles. The van der Waals surface area contributed by atoms with E-state index in [4.69, 9.17) is 0 Å². The molecule has 0 aliphatic carbocycles. The maximum Gasteiger partial charge on any atom is 0.271 e. The number of nitrogens with zero attached hydrogens (tertiary/aromatic N) is 1. The van der Waals surface area contributed by atoms with E-state index in [0.717, 1.165) is 6.42 Å².